The molecule has 1 aliphatic rings. The van der Waals surface area contributed by atoms with Gasteiger partial charge in [-0.05, 0) is 6.07 Å². The normalized spacial score (nSPS) is 22.9. The number of thiophene rings is 1. The number of nitrogens with one attached hydrogen (secondary N) is 1. The number of aromatic nitrogens is 4. The Bertz CT molecular complexity index is 1190. The van der Waals surface area contributed by atoms with Gasteiger partial charge in [-0.1, -0.05) is 11.3 Å². The number of nitro groups is 1. The third kappa shape index (κ3) is 3.84. The van der Waals surface area contributed by atoms with Gasteiger partial charge in [0.15, 0.2) is 22.7 Å². The number of fused-ring (bicyclic) bond motifs is 1. The minimum Gasteiger partial charge on any atom is -0.444 e. The van der Waals surface area contributed by atoms with Crippen LogP contribution in [0.3, 0.4) is 0 Å². The zero-order chi connectivity index (χ0) is 23.0. The Kier molecular flexibility index (Phi) is 5.70. The van der Waals surface area contributed by atoms with Crippen molar-refractivity contribution in [2.24, 2.45) is 0 Å². The summed E-state index contributed by atoms with van der Waals surface area (Å²) in [4.78, 5) is 33.7. The number of hydrogen-bond donors (Lipinski definition) is 4. The number of aliphatic hydroxyl groups excluding tert-OH is 2. The third-order valence-electron chi connectivity index (χ3n) is 4.70. The number of rotatable bonds is 6. The number of carbonyl (C=O) groups excluding carboxylic acids is 1. The summed E-state index contributed by atoms with van der Waals surface area (Å²) in [6.45, 7) is -1.28. The molecule has 1 aliphatic heterocycles. The highest BCUT2D eigenvalue weighted by Gasteiger charge is 2.50. The van der Waals surface area contributed by atoms with Crippen molar-refractivity contribution in [1.82, 2.24) is 19.5 Å². The summed E-state index contributed by atoms with van der Waals surface area (Å²) < 4.78 is 25.1. The van der Waals surface area contributed by atoms with E-state index in [1.807, 2.05) is 0 Å². The van der Waals surface area contributed by atoms with Crippen LogP contribution in [0.25, 0.3) is 11.2 Å². The number of amides is 1. The predicted molar refractivity (Wildman–Crippen MR) is 103 cm³/mol. The fourth-order valence-corrected chi connectivity index (χ4v) is 3.86. The quantitative estimate of drug-likeness (QED) is 0.216. The van der Waals surface area contributed by atoms with Gasteiger partial charge >= 0.3 is 17.2 Å². The van der Waals surface area contributed by atoms with E-state index in [1.165, 1.54) is 12.1 Å². The van der Waals surface area contributed by atoms with Gasteiger partial charge in [0.25, 0.3) is 0 Å². The first-order valence-electron chi connectivity index (χ1n) is 8.94. The lowest BCUT2D eigenvalue weighted by molar-refractivity contribution is -0.380. The SMILES string of the molecule is O=C(Nc1nc(F)nc2c1ncn2[C@]1(O)CO[C@H](CO)[C@H]1O)OCc1ccc([N+](=O)[O-])s1. The van der Waals surface area contributed by atoms with E-state index in [0.717, 1.165) is 22.2 Å². The molecule has 0 aliphatic carbocycles. The van der Waals surface area contributed by atoms with Crippen LogP contribution in [0.5, 0.6) is 0 Å². The average molecular weight is 470 g/mol. The van der Waals surface area contributed by atoms with E-state index >= 15 is 0 Å². The molecule has 3 atom stereocenters. The van der Waals surface area contributed by atoms with Crippen LogP contribution >= 0.6 is 11.3 Å². The molecular formula is C16H15FN6O8S. The van der Waals surface area contributed by atoms with Crippen LogP contribution in [-0.2, 0) is 21.8 Å². The molecular weight excluding hydrogens is 455 g/mol. The van der Waals surface area contributed by atoms with Crippen molar-refractivity contribution in [2.45, 2.75) is 24.5 Å². The first kappa shape index (κ1) is 21.9. The molecule has 4 N–H and O–H groups in total. The molecule has 3 aromatic rings. The Morgan fingerprint density at radius 1 is 1.50 bits per heavy atom. The van der Waals surface area contributed by atoms with Crippen molar-refractivity contribution >= 4 is 39.4 Å². The Labute approximate surface area is 181 Å². The van der Waals surface area contributed by atoms with Crippen molar-refractivity contribution in [3.05, 3.63) is 39.5 Å². The van der Waals surface area contributed by atoms with Gasteiger partial charge in [0.2, 0.25) is 0 Å². The molecule has 0 spiro atoms. The molecule has 4 rings (SSSR count). The highest BCUT2D eigenvalue weighted by Crippen LogP contribution is 2.33. The molecule has 4 heterocycles. The molecule has 0 unspecified atom stereocenters. The molecule has 0 saturated carbocycles. The second kappa shape index (κ2) is 8.32. The van der Waals surface area contributed by atoms with E-state index in [2.05, 4.69) is 20.3 Å². The number of halogens is 1. The number of aliphatic hydroxyl groups is 3. The van der Waals surface area contributed by atoms with Crippen LogP contribution in [0, 0.1) is 16.2 Å². The van der Waals surface area contributed by atoms with E-state index in [1.54, 1.807) is 0 Å². The van der Waals surface area contributed by atoms with Crippen LogP contribution in [0.4, 0.5) is 20.0 Å². The Morgan fingerprint density at radius 2 is 2.28 bits per heavy atom. The second-order valence-electron chi connectivity index (χ2n) is 6.68. The molecule has 14 nitrogen and oxygen atoms in total. The van der Waals surface area contributed by atoms with Gasteiger partial charge in [-0.3, -0.25) is 20.0 Å². The maximum Gasteiger partial charge on any atom is 0.413 e. The minimum atomic E-state index is -2.10. The standard InChI is InChI=1S/C16H15FN6O8S/c17-14-19-12(20-15(26)30-4-7-1-2-9(32-7)23(28)29)10-13(21-14)22(6-18-10)16(27)5-31-8(3-24)11(16)25/h1-2,6,8,11,24-25,27H,3-5H2,(H,19,20,21,26)/t8-,11-,16+/m1/s1. The molecule has 16 heteroatoms. The van der Waals surface area contributed by atoms with E-state index in [4.69, 9.17) is 9.47 Å². The van der Waals surface area contributed by atoms with Crippen molar-refractivity contribution in [1.29, 1.82) is 0 Å². The topological polar surface area (TPSA) is 195 Å². The van der Waals surface area contributed by atoms with E-state index in [9.17, 15) is 34.6 Å². The molecule has 32 heavy (non-hydrogen) atoms. The third-order valence-corrected chi connectivity index (χ3v) is 5.71. The number of anilines is 1. The Hall–Kier alpha value is -3.31. The van der Waals surface area contributed by atoms with Gasteiger partial charge in [0, 0.05) is 10.9 Å². The summed E-state index contributed by atoms with van der Waals surface area (Å²) in [6.07, 6.45) is -3.91. The summed E-state index contributed by atoms with van der Waals surface area (Å²) in [5, 5.41) is 43.1. The van der Waals surface area contributed by atoms with Gasteiger partial charge in [-0.15, -0.1) is 0 Å². The van der Waals surface area contributed by atoms with Crippen LogP contribution in [0.15, 0.2) is 18.5 Å². The zero-order valence-electron chi connectivity index (χ0n) is 15.9. The zero-order valence-corrected chi connectivity index (χ0v) is 16.7. The molecule has 0 radical (unpaired) electrons. The first-order chi connectivity index (χ1) is 15.2. The van der Waals surface area contributed by atoms with Crippen molar-refractivity contribution in [3.8, 4) is 0 Å². The van der Waals surface area contributed by atoms with Gasteiger partial charge in [0.1, 0.15) is 18.8 Å². The monoisotopic (exact) mass is 470 g/mol. The number of nitrogens with zero attached hydrogens (tertiary/aromatic N) is 5. The van der Waals surface area contributed by atoms with Crippen LogP contribution in [0.1, 0.15) is 4.88 Å². The fraction of sp³-hybridized carbons (Fsp3) is 0.375. The lowest BCUT2D eigenvalue weighted by Crippen LogP contribution is -2.46. The van der Waals surface area contributed by atoms with Crippen LogP contribution in [0.2, 0.25) is 0 Å². The minimum absolute atomic E-state index is 0.117. The second-order valence-corrected chi connectivity index (χ2v) is 7.83. The fourth-order valence-electron chi connectivity index (χ4n) is 3.12. The molecule has 1 amide bonds. The van der Waals surface area contributed by atoms with Gasteiger partial charge in [0.05, 0.1) is 24.5 Å². The number of imidazole rings is 1. The van der Waals surface area contributed by atoms with E-state index < -0.39 is 48.2 Å². The van der Waals surface area contributed by atoms with Crippen LogP contribution < -0.4 is 5.32 Å². The molecule has 1 fully saturated rings. The van der Waals surface area contributed by atoms with Gasteiger partial charge < -0.3 is 24.8 Å². The summed E-state index contributed by atoms with van der Waals surface area (Å²) >= 11 is 0.827. The van der Waals surface area contributed by atoms with Gasteiger partial charge in [-0.25, -0.2) is 9.78 Å². The van der Waals surface area contributed by atoms with Crippen molar-refractivity contribution < 1.29 is 38.9 Å². The van der Waals surface area contributed by atoms with E-state index in [-0.39, 0.29) is 28.6 Å². The molecule has 170 valence electrons. The predicted octanol–water partition coefficient (Wildman–Crippen LogP) is 0.0809. The summed E-state index contributed by atoms with van der Waals surface area (Å²) in [6, 6.07) is 2.69. The highest BCUT2D eigenvalue weighted by atomic mass is 32.1. The lowest BCUT2D eigenvalue weighted by atomic mass is 10.1. The summed E-state index contributed by atoms with van der Waals surface area (Å²) in [5.41, 5.74) is -2.48. The molecule has 0 aromatic carbocycles. The first-order valence-corrected chi connectivity index (χ1v) is 9.75. The summed E-state index contributed by atoms with van der Waals surface area (Å²) in [5.74, 6) is -0.371. The lowest BCUT2D eigenvalue weighted by Gasteiger charge is -2.27. The van der Waals surface area contributed by atoms with Crippen LogP contribution in [-0.4, -0.2) is 71.3 Å². The van der Waals surface area contributed by atoms with Crippen molar-refractivity contribution in [3.63, 3.8) is 0 Å². The maximum absolute atomic E-state index is 14.1. The number of ether oxygens (including phenoxy) is 2. The number of hydrogen-bond acceptors (Lipinski definition) is 12. The highest BCUT2D eigenvalue weighted by molar-refractivity contribution is 7.15. The average Bonchev–Trinajstić information content (AvgIpc) is 3.45. The molecule has 3 aromatic heterocycles. The summed E-state index contributed by atoms with van der Waals surface area (Å²) in [7, 11) is 0. The smallest absolute Gasteiger partial charge is 0.413 e. The van der Waals surface area contributed by atoms with Crippen molar-refractivity contribution in [2.75, 3.05) is 18.5 Å². The maximum atomic E-state index is 14.1. The van der Waals surface area contributed by atoms with Gasteiger partial charge in [-0.2, -0.15) is 14.4 Å². The largest absolute Gasteiger partial charge is 0.444 e. The molecule has 1 saturated heterocycles. The van der Waals surface area contributed by atoms with E-state index in [0.29, 0.717) is 4.88 Å². The number of carbonyl (C=O) groups is 1. The Morgan fingerprint density at radius 3 is 2.94 bits per heavy atom. The molecule has 0 bridgehead atoms. The Balaban J connectivity index is 1.55.